The Labute approximate surface area is 118 Å². The summed E-state index contributed by atoms with van der Waals surface area (Å²) < 4.78 is 10.4. The standard InChI is InChI=1S/C15H18N2O3/c1-19-13-7-4-11(10-14(13)20-2)15(18)17(9-3-8-16)12-5-6-12/h4,7,10,12H,3,5-6,9H2,1-2H3. The second kappa shape index (κ2) is 6.29. The molecule has 20 heavy (non-hydrogen) atoms. The number of carbonyl (C=O) groups is 1. The van der Waals surface area contributed by atoms with E-state index < -0.39 is 0 Å². The van der Waals surface area contributed by atoms with Crippen molar-refractivity contribution in [2.45, 2.75) is 25.3 Å². The molecule has 0 spiro atoms. The smallest absolute Gasteiger partial charge is 0.254 e. The Morgan fingerprint density at radius 1 is 1.35 bits per heavy atom. The van der Waals surface area contributed by atoms with Gasteiger partial charge in [0.2, 0.25) is 0 Å². The van der Waals surface area contributed by atoms with Gasteiger partial charge in [0.1, 0.15) is 0 Å². The maximum Gasteiger partial charge on any atom is 0.254 e. The van der Waals surface area contributed by atoms with Crippen LogP contribution < -0.4 is 9.47 Å². The number of ether oxygens (including phenoxy) is 2. The molecule has 5 heteroatoms. The van der Waals surface area contributed by atoms with E-state index in [1.54, 1.807) is 37.3 Å². The number of nitrogens with zero attached hydrogens (tertiary/aromatic N) is 2. The van der Waals surface area contributed by atoms with E-state index in [0.29, 0.717) is 30.0 Å². The van der Waals surface area contributed by atoms with E-state index in [0.717, 1.165) is 12.8 Å². The molecule has 1 aliphatic carbocycles. The molecule has 0 bridgehead atoms. The third kappa shape index (κ3) is 3.02. The van der Waals surface area contributed by atoms with Crippen LogP contribution in [0.1, 0.15) is 29.6 Å². The first kappa shape index (κ1) is 14.2. The van der Waals surface area contributed by atoms with Gasteiger partial charge in [-0.2, -0.15) is 5.26 Å². The number of hydrogen-bond donors (Lipinski definition) is 0. The predicted octanol–water partition coefficient (Wildman–Crippen LogP) is 2.22. The fraction of sp³-hybridized carbons (Fsp3) is 0.467. The van der Waals surface area contributed by atoms with Crippen LogP contribution in [-0.4, -0.2) is 37.6 Å². The van der Waals surface area contributed by atoms with Crippen LogP contribution in [0.5, 0.6) is 11.5 Å². The van der Waals surface area contributed by atoms with Crippen LogP contribution in [0.25, 0.3) is 0 Å². The minimum absolute atomic E-state index is 0.0521. The lowest BCUT2D eigenvalue weighted by Crippen LogP contribution is -2.33. The first-order valence-electron chi connectivity index (χ1n) is 6.61. The molecule has 1 saturated carbocycles. The van der Waals surface area contributed by atoms with E-state index in [1.807, 2.05) is 0 Å². The largest absolute Gasteiger partial charge is 0.493 e. The van der Waals surface area contributed by atoms with Gasteiger partial charge in [-0.3, -0.25) is 4.79 Å². The van der Waals surface area contributed by atoms with Gasteiger partial charge in [-0.15, -0.1) is 0 Å². The number of amides is 1. The Hall–Kier alpha value is -2.22. The highest BCUT2D eigenvalue weighted by Gasteiger charge is 2.32. The van der Waals surface area contributed by atoms with Crippen LogP contribution >= 0.6 is 0 Å². The number of nitriles is 1. The number of hydrogen-bond acceptors (Lipinski definition) is 4. The van der Waals surface area contributed by atoms with Crippen molar-refractivity contribution >= 4 is 5.91 Å². The van der Waals surface area contributed by atoms with Crippen molar-refractivity contribution in [3.63, 3.8) is 0 Å². The molecule has 0 aromatic heterocycles. The SMILES string of the molecule is COc1ccc(C(=O)N(CCC#N)C2CC2)cc1OC. The fourth-order valence-corrected chi connectivity index (χ4v) is 2.14. The maximum atomic E-state index is 12.5. The van der Waals surface area contributed by atoms with E-state index in [1.165, 1.54) is 0 Å². The lowest BCUT2D eigenvalue weighted by atomic mass is 10.1. The topological polar surface area (TPSA) is 62.6 Å². The molecular weight excluding hydrogens is 256 g/mol. The lowest BCUT2D eigenvalue weighted by molar-refractivity contribution is 0.0746. The summed E-state index contributed by atoms with van der Waals surface area (Å²) in [6.45, 7) is 0.481. The van der Waals surface area contributed by atoms with E-state index >= 15 is 0 Å². The molecule has 0 radical (unpaired) electrons. The molecule has 0 heterocycles. The summed E-state index contributed by atoms with van der Waals surface area (Å²) in [6.07, 6.45) is 2.39. The van der Waals surface area contributed by atoms with Gasteiger partial charge in [0.25, 0.3) is 5.91 Å². The van der Waals surface area contributed by atoms with Crippen LogP contribution in [0.2, 0.25) is 0 Å². The highest BCUT2D eigenvalue weighted by atomic mass is 16.5. The Balaban J connectivity index is 2.20. The van der Waals surface area contributed by atoms with Crippen molar-refractivity contribution in [2.75, 3.05) is 20.8 Å². The number of benzene rings is 1. The fourth-order valence-electron chi connectivity index (χ4n) is 2.14. The summed E-state index contributed by atoms with van der Waals surface area (Å²) in [5.74, 6) is 1.08. The number of rotatable bonds is 6. The number of carbonyl (C=O) groups excluding carboxylic acids is 1. The minimum Gasteiger partial charge on any atom is -0.493 e. The quantitative estimate of drug-likeness (QED) is 0.798. The van der Waals surface area contributed by atoms with Crippen molar-refractivity contribution in [1.82, 2.24) is 4.90 Å². The maximum absolute atomic E-state index is 12.5. The zero-order valence-corrected chi connectivity index (χ0v) is 11.8. The van der Waals surface area contributed by atoms with Gasteiger partial charge >= 0.3 is 0 Å². The summed E-state index contributed by atoms with van der Waals surface area (Å²) in [5, 5.41) is 8.70. The predicted molar refractivity (Wildman–Crippen MR) is 73.8 cm³/mol. The summed E-state index contributed by atoms with van der Waals surface area (Å²) in [7, 11) is 3.10. The molecule has 0 N–H and O–H groups in total. The molecule has 0 atom stereocenters. The van der Waals surface area contributed by atoms with Crippen LogP contribution in [0.15, 0.2) is 18.2 Å². The van der Waals surface area contributed by atoms with E-state index in [-0.39, 0.29) is 11.9 Å². The molecule has 106 valence electrons. The van der Waals surface area contributed by atoms with Crippen LogP contribution in [-0.2, 0) is 0 Å². The highest BCUT2D eigenvalue weighted by molar-refractivity contribution is 5.95. The van der Waals surface area contributed by atoms with Gasteiger partial charge < -0.3 is 14.4 Å². The number of methoxy groups -OCH3 is 2. The van der Waals surface area contributed by atoms with Gasteiger partial charge in [0.15, 0.2) is 11.5 Å². The van der Waals surface area contributed by atoms with Crippen molar-refractivity contribution in [3.8, 4) is 17.6 Å². The zero-order valence-electron chi connectivity index (χ0n) is 11.8. The summed E-state index contributed by atoms with van der Waals surface area (Å²) in [6, 6.07) is 7.51. The summed E-state index contributed by atoms with van der Waals surface area (Å²) >= 11 is 0. The second-order valence-corrected chi connectivity index (χ2v) is 4.71. The molecular formula is C15H18N2O3. The van der Waals surface area contributed by atoms with Crippen molar-refractivity contribution in [2.24, 2.45) is 0 Å². The third-order valence-corrected chi connectivity index (χ3v) is 3.34. The minimum atomic E-state index is -0.0521. The van der Waals surface area contributed by atoms with Gasteiger partial charge in [0, 0.05) is 18.2 Å². The summed E-state index contributed by atoms with van der Waals surface area (Å²) in [5.41, 5.74) is 0.562. The van der Waals surface area contributed by atoms with Gasteiger partial charge in [-0.05, 0) is 31.0 Å². The average molecular weight is 274 g/mol. The van der Waals surface area contributed by atoms with Gasteiger partial charge in [-0.1, -0.05) is 0 Å². The normalized spacial score (nSPS) is 13.4. The molecule has 1 amide bonds. The third-order valence-electron chi connectivity index (χ3n) is 3.34. The van der Waals surface area contributed by atoms with Crippen LogP contribution in [0.3, 0.4) is 0 Å². The molecule has 0 unspecified atom stereocenters. The molecule has 1 fully saturated rings. The van der Waals surface area contributed by atoms with E-state index in [9.17, 15) is 4.79 Å². The van der Waals surface area contributed by atoms with E-state index in [2.05, 4.69) is 6.07 Å². The Kier molecular flexibility index (Phi) is 4.46. The molecule has 2 rings (SSSR count). The van der Waals surface area contributed by atoms with Gasteiger partial charge in [-0.25, -0.2) is 0 Å². The Morgan fingerprint density at radius 2 is 2.05 bits per heavy atom. The van der Waals surface area contributed by atoms with Gasteiger partial charge in [0.05, 0.1) is 26.7 Å². The van der Waals surface area contributed by atoms with Crippen molar-refractivity contribution < 1.29 is 14.3 Å². The lowest BCUT2D eigenvalue weighted by Gasteiger charge is -2.21. The van der Waals surface area contributed by atoms with Crippen molar-refractivity contribution in [1.29, 1.82) is 5.26 Å². The van der Waals surface area contributed by atoms with Crippen molar-refractivity contribution in [3.05, 3.63) is 23.8 Å². The first-order valence-corrected chi connectivity index (χ1v) is 6.61. The molecule has 1 aromatic rings. The molecule has 1 aromatic carbocycles. The second-order valence-electron chi connectivity index (χ2n) is 4.71. The summed E-state index contributed by atoms with van der Waals surface area (Å²) in [4.78, 5) is 14.3. The Morgan fingerprint density at radius 3 is 2.60 bits per heavy atom. The molecule has 1 aliphatic rings. The first-order chi connectivity index (χ1) is 9.71. The monoisotopic (exact) mass is 274 g/mol. The van der Waals surface area contributed by atoms with Crippen LogP contribution in [0.4, 0.5) is 0 Å². The molecule has 0 aliphatic heterocycles. The van der Waals surface area contributed by atoms with Crippen LogP contribution in [0, 0.1) is 11.3 Å². The zero-order chi connectivity index (χ0) is 14.5. The van der Waals surface area contributed by atoms with E-state index in [4.69, 9.17) is 14.7 Å². The molecule has 5 nitrogen and oxygen atoms in total. The Bertz CT molecular complexity index is 532. The average Bonchev–Trinajstić information content (AvgIpc) is 3.31. The highest BCUT2D eigenvalue weighted by Crippen LogP contribution is 2.31. The molecule has 0 saturated heterocycles.